The van der Waals surface area contributed by atoms with Crippen molar-refractivity contribution >= 4 is 11.9 Å². The second-order valence-corrected chi connectivity index (χ2v) is 5.08. The average molecular weight is 359 g/mol. The number of hydrogen-bond acceptors (Lipinski definition) is 5. The Bertz CT molecular complexity index is 695. The van der Waals surface area contributed by atoms with Crippen molar-refractivity contribution in [1.82, 2.24) is 15.5 Å². The number of ether oxygens (including phenoxy) is 1. The fraction of sp³-hybridized carbons (Fsp3) is 0.400. The number of halogens is 3. The Morgan fingerprint density at radius 3 is 2.84 bits per heavy atom. The van der Waals surface area contributed by atoms with Gasteiger partial charge in [0, 0.05) is 24.9 Å². The summed E-state index contributed by atoms with van der Waals surface area (Å²) in [6, 6.07) is 3.09. The van der Waals surface area contributed by atoms with Crippen LogP contribution in [0.4, 0.5) is 13.2 Å². The molecule has 2 aromatic heterocycles. The Morgan fingerprint density at radius 2 is 2.16 bits per heavy atom. The van der Waals surface area contributed by atoms with E-state index in [0.29, 0.717) is 6.42 Å². The van der Waals surface area contributed by atoms with Crippen LogP contribution in [0.2, 0.25) is 0 Å². The molecule has 2 heterocycles. The van der Waals surface area contributed by atoms with E-state index in [1.807, 2.05) is 5.10 Å². The van der Waals surface area contributed by atoms with E-state index in [0.717, 1.165) is 6.20 Å². The fourth-order valence-electron chi connectivity index (χ4n) is 2.02. The molecule has 0 aliphatic rings. The Kier molecular flexibility index (Phi) is 6.20. The van der Waals surface area contributed by atoms with Crippen molar-refractivity contribution < 1.29 is 31.9 Å². The van der Waals surface area contributed by atoms with Gasteiger partial charge >= 0.3 is 12.1 Å². The lowest BCUT2D eigenvalue weighted by molar-refractivity contribution is -0.143. The first kappa shape index (κ1) is 18.6. The van der Waals surface area contributed by atoms with Gasteiger partial charge in [-0.05, 0) is 18.6 Å². The summed E-state index contributed by atoms with van der Waals surface area (Å²) < 4.78 is 47.6. The number of carbonyl (C=O) groups excluding carboxylic acids is 2. The van der Waals surface area contributed by atoms with Crippen molar-refractivity contribution in [3.63, 3.8) is 0 Å². The monoisotopic (exact) mass is 359 g/mol. The molecule has 136 valence electrons. The zero-order chi connectivity index (χ0) is 18.3. The highest BCUT2D eigenvalue weighted by atomic mass is 19.4. The summed E-state index contributed by atoms with van der Waals surface area (Å²) in [4.78, 5) is 23.1. The lowest BCUT2D eigenvalue weighted by Crippen LogP contribution is -2.24. The topological polar surface area (TPSA) is 97.2 Å². The third kappa shape index (κ3) is 5.66. The maximum Gasteiger partial charge on any atom is 0.433 e. The van der Waals surface area contributed by atoms with Crippen LogP contribution in [-0.4, -0.2) is 35.2 Å². The van der Waals surface area contributed by atoms with E-state index in [2.05, 4.69) is 10.4 Å². The van der Waals surface area contributed by atoms with Gasteiger partial charge in [0.1, 0.15) is 5.69 Å². The van der Waals surface area contributed by atoms with Crippen LogP contribution in [0.5, 0.6) is 0 Å². The third-order valence-electron chi connectivity index (χ3n) is 3.22. The molecular weight excluding hydrogens is 343 g/mol. The number of esters is 1. The number of nitrogens with one attached hydrogen (secondary N) is 2. The summed E-state index contributed by atoms with van der Waals surface area (Å²) in [7, 11) is 0. The van der Waals surface area contributed by atoms with Gasteiger partial charge in [0.15, 0.2) is 5.76 Å². The first-order valence-electron chi connectivity index (χ1n) is 7.44. The van der Waals surface area contributed by atoms with Gasteiger partial charge in [-0.1, -0.05) is 0 Å². The van der Waals surface area contributed by atoms with Gasteiger partial charge in [0.05, 0.1) is 19.1 Å². The second kappa shape index (κ2) is 8.36. The first-order valence-corrected chi connectivity index (χ1v) is 7.44. The standard InChI is InChI=1S/C15H16F3N3O4/c16-15(17,18)13-10(9-20-21-13)5-8-25-12(22)4-1-6-19-14(23)11-3-2-7-24-11/h2-3,7,9H,1,4-6,8H2,(H,19,23)(H,20,21). The Labute approximate surface area is 140 Å². The Morgan fingerprint density at radius 1 is 1.36 bits per heavy atom. The zero-order valence-electron chi connectivity index (χ0n) is 13.1. The first-order chi connectivity index (χ1) is 11.9. The van der Waals surface area contributed by atoms with E-state index in [1.165, 1.54) is 12.3 Å². The van der Waals surface area contributed by atoms with Crippen molar-refractivity contribution in [3.8, 4) is 0 Å². The van der Waals surface area contributed by atoms with E-state index in [1.54, 1.807) is 6.07 Å². The molecule has 0 aliphatic carbocycles. The molecule has 0 aromatic carbocycles. The van der Waals surface area contributed by atoms with Gasteiger partial charge in [0.2, 0.25) is 0 Å². The lowest BCUT2D eigenvalue weighted by atomic mass is 10.2. The number of amides is 1. The molecule has 10 heteroatoms. The quantitative estimate of drug-likeness (QED) is 0.557. The number of carbonyl (C=O) groups is 2. The molecule has 0 spiro atoms. The van der Waals surface area contributed by atoms with Gasteiger partial charge in [-0.15, -0.1) is 0 Å². The predicted octanol–water partition coefficient (Wildman–Crippen LogP) is 2.32. The molecule has 0 bridgehead atoms. The highest BCUT2D eigenvalue weighted by Crippen LogP contribution is 2.30. The smallest absolute Gasteiger partial charge is 0.433 e. The fourth-order valence-corrected chi connectivity index (χ4v) is 2.02. The number of alkyl halides is 3. The summed E-state index contributed by atoms with van der Waals surface area (Å²) in [6.45, 7) is 0.0643. The van der Waals surface area contributed by atoms with E-state index < -0.39 is 23.7 Å². The van der Waals surface area contributed by atoms with Crippen molar-refractivity contribution in [2.24, 2.45) is 0 Å². The SMILES string of the molecule is O=C(CCCNC(=O)c1ccco1)OCCc1cn[nH]c1C(F)(F)F. The molecule has 2 rings (SSSR count). The van der Waals surface area contributed by atoms with Crippen molar-refractivity contribution in [3.05, 3.63) is 41.6 Å². The minimum absolute atomic E-state index is 0.0376. The van der Waals surface area contributed by atoms with Crippen LogP contribution in [0.3, 0.4) is 0 Å². The van der Waals surface area contributed by atoms with Crippen molar-refractivity contribution in [2.75, 3.05) is 13.2 Å². The summed E-state index contributed by atoms with van der Waals surface area (Å²) in [6.07, 6.45) is -1.81. The number of rotatable bonds is 8. The van der Waals surface area contributed by atoms with E-state index in [-0.39, 0.29) is 37.3 Å². The normalized spacial score (nSPS) is 11.3. The molecule has 2 N–H and O–H groups in total. The van der Waals surface area contributed by atoms with Crippen LogP contribution in [0.1, 0.15) is 34.7 Å². The second-order valence-electron chi connectivity index (χ2n) is 5.08. The molecule has 0 aliphatic heterocycles. The summed E-state index contributed by atoms with van der Waals surface area (Å²) in [5.41, 5.74) is -1.00. The van der Waals surface area contributed by atoms with E-state index >= 15 is 0 Å². The molecule has 2 aromatic rings. The molecule has 25 heavy (non-hydrogen) atoms. The molecule has 0 saturated heterocycles. The highest BCUT2D eigenvalue weighted by Gasteiger charge is 2.35. The van der Waals surface area contributed by atoms with Crippen LogP contribution in [0.25, 0.3) is 0 Å². The highest BCUT2D eigenvalue weighted by molar-refractivity contribution is 5.91. The Balaban J connectivity index is 1.62. The van der Waals surface area contributed by atoms with Gasteiger partial charge in [-0.25, -0.2) is 0 Å². The van der Waals surface area contributed by atoms with Crippen molar-refractivity contribution in [2.45, 2.75) is 25.4 Å². The molecule has 0 saturated carbocycles. The molecule has 0 fully saturated rings. The van der Waals surface area contributed by atoms with Crippen LogP contribution in [0.15, 0.2) is 29.0 Å². The van der Waals surface area contributed by atoms with Crippen LogP contribution in [0, 0.1) is 0 Å². The van der Waals surface area contributed by atoms with Crippen LogP contribution in [-0.2, 0) is 22.1 Å². The number of aromatic nitrogens is 2. The number of aromatic amines is 1. The number of H-pyrrole nitrogens is 1. The molecule has 0 atom stereocenters. The van der Waals surface area contributed by atoms with Crippen LogP contribution < -0.4 is 5.32 Å². The molecule has 0 unspecified atom stereocenters. The number of furan rings is 1. The average Bonchev–Trinajstić information content (AvgIpc) is 3.21. The maximum absolute atomic E-state index is 12.6. The van der Waals surface area contributed by atoms with Gasteiger partial charge in [0.25, 0.3) is 5.91 Å². The summed E-state index contributed by atoms with van der Waals surface area (Å²) >= 11 is 0. The van der Waals surface area contributed by atoms with Crippen molar-refractivity contribution in [1.29, 1.82) is 0 Å². The lowest BCUT2D eigenvalue weighted by Gasteiger charge is -2.08. The molecule has 7 nitrogen and oxygen atoms in total. The molecular formula is C15H16F3N3O4. The minimum atomic E-state index is -4.53. The van der Waals surface area contributed by atoms with Gasteiger partial charge in [-0.2, -0.15) is 18.3 Å². The summed E-state index contributed by atoms with van der Waals surface area (Å²) in [5, 5.41) is 7.80. The maximum atomic E-state index is 12.6. The summed E-state index contributed by atoms with van der Waals surface area (Å²) in [5.74, 6) is -0.773. The zero-order valence-corrected chi connectivity index (χ0v) is 13.1. The number of hydrogen-bond donors (Lipinski definition) is 2. The number of nitrogens with zero attached hydrogens (tertiary/aromatic N) is 1. The third-order valence-corrected chi connectivity index (χ3v) is 3.22. The van der Waals surface area contributed by atoms with Gasteiger partial charge in [-0.3, -0.25) is 14.7 Å². The molecule has 1 amide bonds. The minimum Gasteiger partial charge on any atom is -0.465 e. The predicted molar refractivity (Wildman–Crippen MR) is 78.5 cm³/mol. The Hall–Kier alpha value is -2.78. The van der Waals surface area contributed by atoms with E-state index in [9.17, 15) is 22.8 Å². The largest absolute Gasteiger partial charge is 0.465 e. The van der Waals surface area contributed by atoms with E-state index in [4.69, 9.17) is 9.15 Å². The van der Waals surface area contributed by atoms with Gasteiger partial charge < -0.3 is 14.5 Å². The van der Waals surface area contributed by atoms with Crippen LogP contribution >= 0.6 is 0 Å². The molecule has 0 radical (unpaired) electrons.